The van der Waals surface area contributed by atoms with Crippen molar-refractivity contribution < 1.29 is 23.7 Å². The van der Waals surface area contributed by atoms with Gasteiger partial charge in [0.25, 0.3) is 11.5 Å². The van der Waals surface area contributed by atoms with Crippen molar-refractivity contribution >= 4 is 22.5 Å². The Morgan fingerprint density at radius 3 is 2.18 bits per heavy atom. The van der Waals surface area contributed by atoms with Gasteiger partial charge in [0.15, 0.2) is 11.5 Å². The van der Waals surface area contributed by atoms with Crippen LogP contribution in [0, 0.1) is 6.92 Å². The number of aromatic nitrogens is 1. The van der Waals surface area contributed by atoms with Crippen molar-refractivity contribution in [1.29, 1.82) is 0 Å². The van der Waals surface area contributed by atoms with Crippen LogP contribution >= 0.6 is 0 Å². The normalized spacial score (nSPS) is 10.8. The highest BCUT2D eigenvalue weighted by molar-refractivity contribution is 6.07. The second kappa shape index (κ2) is 12.4. The van der Waals surface area contributed by atoms with Gasteiger partial charge in [-0.2, -0.15) is 0 Å². The van der Waals surface area contributed by atoms with E-state index in [1.54, 1.807) is 42.3 Å². The maximum Gasteiger partial charge on any atom is 0.258 e. The van der Waals surface area contributed by atoms with Crippen LogP contribution in [0.15, 0.2) is 65.5 Å². The summed E-state index contributed by atoms with van der Waals surface area (Å²) in [5.74, 6) is 1.67. The molecule has 8 nitrogen and oxygen atoms in total. The molecule has 0 atom stereocenters. The molecular weight excluding hydrogens is 496 g/mol. The van der Waals surface area contributed by atoms with E-state index in [9.17, 15) is 9.59 Å². The SMILES string of the molecule is CCOc1cc(C(=O)N(Cc2cc3cc(OC)ccc3[nH]c2=O)c2cccc(C)c2)cc(OCC)c1OCC. The van der Waals surface area contributed by atoms with Crippen molar-refractivity contribution in [2.24, 2.45) is 0 Å². The fourth-order valence-corrected chi connectivity index (χ4v) is 4.39. The molecule has 1 aromatic heterocycles. The minimum Gasteiger partial charge on any atom is -0.497 e. The zero-order chi connectivity index (χ0) is 27.9. The lowest BCUT2D eigenvalue weighted by atomic mass is 10.1. The quantitative estimate of drug-likeness (QED) is 0.260. The van der Waals surface area contributed by atoms with Crippen LogP contribution in [0.25, 0.3) is 10.9 Å². The van der Waals surface area contributed by atoms with Crippen molar-refractivity contribution in [2.45, 2.75) is 34.2 Å². The molecule has 0 saturated heterocycles. The third-order valence-electron chi connectivity index (χ3n) is 6.17. The van der Waals surface area contributed by atoms with Gasteiger partial charge in [0.1, 0.15) is 5.75 Å². The molecule has 0 aliphatic heterocycles. The molecule has 4 rings (SSSR count). The second-order valence-electron chi connectivity index (χ2n) is 8.91. The van der Waals surface area contributed by atoms with Crippen LogP contribution < -0.4 is 29.4 Å². The Bertz CT molecular complexity index is 1500. The van der Waals surface area contributed by atoms with Gasteiger partial charge >= 0.3 is 0 Å². The number of nitrogens with zero attached hydrogens (tertiary/aromatic N) is 1. The number of anilines is 1. The standard InChI is InChI=1S/C31H34N2O6/c1-6-37-27-17-22(18-28(38-7-2)29(27)39-8-3)31(35)33(24-11-9-10-20(4)14-24)19-23-15-21-16-25(36-5)12-13-26(21)32-30(23)34/h9-18H,6-8,19H2,1-5H3,(H,32,34). The molecule has 4 aromatic rings. The van der Waals surface area contributed by atoms with E-state index in [4.69, 9.17) is 18.9 Å². The zero-order valence-electron chi connectivity index (χ0n) is 23.0. The monoisotopic (exact) mass is 530 g/mol. The number of ether oxygens (including phenoxy) is 4. The fourth-order valence-electron chi connectivity index (χ4n) is 4.39. The fraction of sp³-hybridized carbons (Fsp3) is 0.290. The molecule has 0 unspecified atom stereocenters. The van der Waals surface area contributed by atoms with E-state index in [2.05, 4.69) is 4.98 Å². The summed E-state index contributed by atoms with van der Waals surface area (Å²) in [5, 5.41) is 0.805. The number of benzene rings is 3. The number of methoxy groups -OCH3 is 1. The van der Waals surface area contributed by atoms with E-state index in [-0.39, 0.29) is 18.0 Å². The summed E-state index contributed by atoms with van der Waals surface area (Å²) in [6, 6.07) is 18.2. The second-order valence-corrected chi connectivity index (χ2v) is 8.91. The molecule has 1 heterocycles. The summed E-state index contributed by atoms with van der Waals surface area (Å²) < 4.78 is 22.8. The lowest BCUT2D eigenvalue weighted by Gasteiger charge is -2.25. The van der Waals surface area contributed by atoms with Crippen LogP contribution in [-0.4, -0.2) is 37.8 Å². The predicted molar refractivity (Wildman–Crippen MR) is 153 cm³/mol. The first-order chi connectivity index (χ1) is 18.9. The van der Waals surface area contributed by atoms with Crippen molar-refractivity contribution in [3.05, 3.63) is 87.7 Å². The van der Waals surface area contributed by atoms with Crippen LogP contribution in [0.4, 0.5) is 5.69 Å². The average molecular weight is 531 g/mol. The Morgan fingerprint density at radius 2 is 1.56 bits per heavy atom. The van der Waals surface area contributed by atoms with Gasteiger partial charge in [-0.15, -0.1) is 0 Å². The number of aromatic amines is 1. The molecule has 1 amide bonds. The highest BCUT2D eigenvalue weighted by atomic mass is 16.5. The first-order valence-electron chi connectivity index (χ1n) is 13.0. The highest BCUT2D eigenvalue weighted by Crippen LogP contribution is 2.40. The molecule has 0 bridgehead atoms. The largest absolute Gasteiger partial charge is 0.497 e. The molecule has 204 valence electrons. The Balaban J connectivity index is 1.83. The molecule has 3 aromatic carbocycles. The van der Waals surface area contributed by atoms with Crippen LogP contribution in [-0.2, 0) is 6.54 Å². The van der Waals surface area contributed by atoms with Crippen LogP contribution in [0.1, 0.15) is 42.3 Å². The van der Waals surface area contributed by atoms with Crippen molar-refractivity contribution in [1.82, 2.24) is 4.98 Å². The van der Waals surface area contributed by atoms with E-state index < -0.39 is 0 Å². The first kappa shape index (κ1) is 27.6. The van der Waals surface area contributed by atoms with E-state index >= 15 is 0 Å². The molecule has 8 heteroatoms. The number of carbonyl (C=O) groups is 1. The number of aryl methyl sites for hydroxylation is 1. The summed E-state index contributed by atoms with van der Waals surface area (Å²) in [6.45, 7) is 8.81. The number of pyridine rings is 1. The molecule has 0 aliphatic rings. The van der Waals surface area contributed by atoms with E-state index in [1.807, 2.05) is 58.0 Å². The number of carbonyl (C=O) groups excluding carboxylic acids is 1. The maximum absolute atomic E-state index is 14.2. The summed E-state index contributed by atoms with van der Waals surface area (Å²) >= 11 is 0. The number of amides is 1. The van der Waals surface area contributed by atoms with Crippen molar-refractivity contribution in [2.75, 3.05) is 31.8 Å². The van der Waals surface area contributed by atoms with Gasteiger partial charge in [-0.05, 0) is 81.8 Å². The number of H-pyrrole nitrogens is 1. The third kappa shape index (κ3) is 6.17. The molecule has 0 radical (unpaired) electrons. The van der Waals surface area contributed by atoms with E-state index in [1.165, 1.54) is 0 Å². The zero-order valence-corrected chi connectivity index (χ0v) is 23.0. The summed E-state index contributed by atoms with van der Waals surface area (Å²) in [6.07, 6.45) is 0. The topological polar surface area (TPSA) is 90.1 Å². The summed E-state index contributed by atoms with van der Waals surface area (Å²) in [5.41, 5.74) is 2.86. The van der Waals surface area contributed by atoms with Crippen LogP contribution in [0.5, 0.6) is 23.0 Å². The van der Waals surface area contributed by atoms with Gasteiger partial charge in [0, 0.05) is 27.7 Å². The number of rotatable bonds is 11. The average Bonchev–Trinajstić information content (AvgIpc) is 2.93. The van der Waals surface area contributed by atoms with Gasteiger partial charge in [0.05, 0.1) is 33.5 Å². The highest BCUT2D eigenvalue weighted by Gasteiger charge is 2.24. The lowest BCUT2D eigenvalue weighted by molar-refractivity contribution is 0.0984. The number of fused-ring (bicyclic) bond motifs is 1. The summed E-state index contributed by atoms with van der Waals surface area (Å²) in [4.78, 5) is 31.8. The Hall–Kier alpha value is -4.46. The predicted octanol–water partition coefficient (Wildman–Crippen LogP) is 5.89. The smallest absolute Gasteiger partial charge is 0.258 e. The molecule has 0 saturated carbocycles. The number of hydrogen-bond donors (Lipinski definition) is 1. The van der Waals surface area contributed by atoms with Gasteiger partial charge in [-0.3, -0.25) is 9.59 Å². The Morgan fingerprint density at radius 1 is 0.872 bits per heavy atom. The molecule has 0 fully saturated rings. The first-order valence-corrected chi connectivity index (χ1v) is 13.0. The minimum atomic E-state index is -0.310. The van der Waals surface area contributed by atoms with E-state index in [0.29, 0.717) is 65.1 Å². The third-order valence-corrected chi connectivity index (χ3v) is 6.17. The van der Waals surface area contributed by atoms with Crippen LogP contribution in [0.3, 0.4) is 0 Å². The molecule has 39 heavy (non-hydrogen) atoms. The molecule has 0 aliphatic carbocycles. The van der Waals surface area contributed by atoms with Crippen molar-refractivity contribution in [3.8, 4) is 23.0 Å². The molecular formula is C31H34N2O6. The number of nitrogens with one attached hydrogen (secondary N) is 1. The van der Waals surface area contributed by atoms with Gasteiger partial charge in [0.2, 0.25) is 5.75 Å². The summed E-state index contributed by atoms with van der Waals surface area (Å²) in [7, 11) is 1.59. The molecule has 0 spiro atoms. The maximum atomic E-state index is 14.2. The van der Waals surface area contributed by atoms with E-state index in [0.717, 1.165) is 10.9 Å². The number of hydrogen-bond acceptors (Lipinski definition) is 6. The lowest BCUT2D eigenvalue weighted by Crippen LogP contribution is -2.33. The van der Waals surface area contributed by atoms with Gasteiger partial charge in [-0.25, -0.2) is 0 Å². The van der Waals surface area contributed by atoms with Gasteiger partial charge < -0.3 is 28.8 Å². The minimum absolute atomic E-state index is 0.0475. The Labute approximate surface area is 228 Å². The van der Waals surface area contributed by atoms with Crippen LogP contribution in [0.2, 0.25) is 0 Å². The molecule has 1 N–H and O–H groups in total. The van der Waals surface area contributed by atoms with Gasteiger partial charge in [-0.1, -0.05) is 12.1 Å². The van der Waals surface area contributed by atoms with Crippen molar-refractivity contribution in [3.63, 3.8) is 0 Å². The Kier molecular flexibility index (Phi) is 8.76.